The maximum absolute atomic E-state index is 12.2. The molecule has 6 heteroatoms. The van der Waals surface area contributed by atoms with E-state index in [0.717, 1.165) is 0 Å². The normalized spacial score (nSPS) is 14.8. The van der Waals surface area contributed by atoms with E-state index in [4.69, 9.17) is 9.47 Å². The molecule has 1 N–H and O–H groups in total. The summed E-state index contributed by atoms with van der Waals surface area (Å²) in [4.78, 5) is 0. The van der Waals surface area contributed by atoms with Gasteiger partial charge in [0.25, 0.3) is 0 Å². The summed E-state index contributed by atoms with van der Waals surface area (Å²) in [5.41, 5.74) is -0.939. The first-order valence-corrected chi connectivity index (χ1v) is 6.21. The summed E-state index contributed by atoms with van der Waals surface area (Å²) in [6, 6.07) is 4.83. The van der Waals surface area contributed by atoms with Crippen LogP contribution in [0, 0.1) is 0 Å². The molecule has 0 saturated heterocycles. The van der Waals surface area contributed by atoms with Crippen molar-refractivity contribution >= 4 is 0 Å². The minimum absolute atomic E-state index is 0.00476. The first-order valence-electron chi connectivity index (χ1n) is 6.21. The van der Waals surface area contributed by atoms with Gasteiger partial charge in [0.05, 0.1) is 19.8 Å². The van der Waals surface area contributed by atoms with Crippen LogP contribution in [0.25, 0.3) is 0 Å². The average Bonchev–Trinajstić information content (AvgIpc) is 2.36. The molecule has 0 aromatic heterocycles. The van der Waals surface area contributed by atoms with Crippen LogP contribution in [0.1, 0.15) is 31.7 Å². The maximum Gasteiger partial charge on any atom is 0.389 e. The molecule has 3 nitrogen and oxygen atoms in total. The van der Waals surface area contributed by atoms with Gasteiger partial charge in [-0.3, -0.25) is 0 Å². The summed E-state index contributed by atoms with van der Waals surface area (Å²) in [6.45, 7) is 1.48. The molecule has 1 unspecified atom stereocenters. The summed E-state index contributed by atoms with van der Waals surface area (Å²) in [5.74, 6) is 0.943. The predicted octanol–water partition coefficient (Wildman–Crippen LogP) is 3.64. The van der Waals surface area contributed by atoms with Crippen molar-refractivity contribution in [3.05, 3.63) is 23.8 Å². The average molecular weight is 292 g/mol. The van der Waals surface area contributed by atoms with E-state index < -0.39 is 18.2 Å². The van der Waals surface area contributed by atoms with Crippen molar-refractivity contribution < 1.29 is 27.8 Å². The monoisotopic (exact) mass is 292 g/mol. The van der Waals surface area contributed by atoms with Crippen LogP contribution in [0.3, 0.4) is 0 Å². The van der Waals surface area contributed by atoms with Gasteiger partial charge in [-0.05, 0) is 31.9 Å². The number of rotatable bonds is 6. The van der Waals surface area contributed by atoms with Crippen molar-refractivity contribution in [2.45, 2.75) is 38.0 Å². The molecular formula is C14H19F3O3. The summed E-state index contributed by atoms with van der Waals surface area (Å²) in [6.07, 6.45) is -5.28. The Kier molecular flexibility index (Phi) is 5.28. The van der Waals surface area contributed by atoms with Crippen molar-refractivity contribution in [2.24, 2.45) is 0 Å². The van der Waals surface area contributed by atoms with E-state index in [-0.39, 0.29) is 12.8 Å². The van der Waals surface area contributed by atoms with Gasteiger partial charge >= 0.3 is 6.18 Å². The molecule has 1 atom stereocenters. The number of benzene rings is 1. The molecule has 1 aromatic carbocycles. The topological polar surface area (TPSA) is 38.7 Å². The Morgan fingerprint density at radius 3 is 2.25 bits per heavy atom. The molecule has 0 heterocycles. The number of aliphatic hydroxyl groups is 1. The van der Waals surface area contributed by atoms with E-state index in [1.54, 1.807) is 18.2 Å². The van der Waals surface area contributed by atoms with Crippen LogP contribution in [0.5, 0.6) is 11.5 Å². The fourth-order valence-corrected chi connectivity index (χ4v) is 2.01. The van der Waals surface area contributed by atoms with Gasteiger partial charge in [0, 0.05) is 18.1 Å². The second-order valence-electron chi connectivity index (χ2n) is 4.81. The third kappa shape index (κ3) is 4.59. The second kappa shape index (κ2) is 6.35. The first-order chi connectivity index (χ1) is 9.19. The van der Waals surface area contributed by atoms with Gasteiger partial charge in [0.2, 0.25) is 0 Å². The molecule has 0 bridgehead atoms. The van der Waals surface area contributed by atoms with E-state index >= 15 is 0 Å². The number of alkyl halides is 3. The Hall–Kier alpha value is -1.43. The summed E-state index contributed by atoms with van der Waals surface area (Å²) in [5, 5.41) is 10.4. The molecule has 1 rings (SSSR count). The van der Waals surface area contributed by atoms with Gasteiger partial charge in [-0.15, -0.1) is 0 Å². The molecule has 114 valence electrons. The van der Waals surface area contributed by atoms with Crippen molar-refractivity contribution in [2.75, 3.05) is 14.2 Å². The third-order valence-electron chi connectivity index (χ3n) is 3.11. The zero-order valence-electron chi connectivity index (χ0n) is 11.8. The fourth-order valence-electron chi connectivity index (χ4n) is 2.01. The Labute approximate surface area is 116 Å². The molecule has 0 aliphatic carbocycles. The lowest BCUT2D eigenvalue weighted by Gasteiger charge is -2.26. The van der Waals surface area contributed by atoms with Crippen LogP contribution in [-0.4, -0.2) is 25.5 Å². The van der Waals surface area contributed by atoms with Crippen LogP contribution >= 0.6 is 0 Å². The van der Waals surface area contributed by atoms with Crippen LogP contribution in [0.15, 0.2) is 18.2 Å². The number of halogens is 3. The van der Waals surface area contributed by atoms with E-state index in [2.05, 4.69) is 0 Å². The van der Waals surface area contributed by atoms with Crippen molar-refractivity contribution in [1.29, 1.82) is 0 Å². The molecule has 0 aliphatic heterocycles. The van der Waals surface area contributed by atoms with E-state index in [1.807, 2.05) is 0 Å². The van der Waals surface area contributed by atoms with Crippen LogP contribution in [0.2, 0.25) is 0 Å². The standard InChI is InChI=1S/C14H19F3O3/c1-13(18,7-4-8-14(15,16)17)11-6-5-10(19-2)9-12(11)20-3/h5-6,9,18H,4,7-8H2,1-3H3. The quantitative estimate of drug-likeness (QED) is 0.870. The summed E-state index contributed by atoms with van der Waals surface area (Å²) >= 11 is 0. The number of hydrogen-bond donors (Lipinski definition) is 1. The third-order valence-corrected chi connectivity index (χ3v) is 3.11. The Balaban J connectivity index is 2.85. The fraction of sp³-hybridized carbons (Fsp3) is 0.571. The highest BCUT2D eigenvalue weighted by Gasteiger charge is 2.31. The highest BCUT2D eigenvalue weighted by Crippen LogP contribution is 2.37. The van der Waals surface area contributed by atoms with E-state index in [1.165, 1.54) is 21.1 Å². The largest absolute Gasteiger partial charge is 0.497 e. The van der Waals surface area contributed by atoms with Gasteiger partial charge in [0.15, 0.2) is 0 Å². The number of methoxy groups -OCH3 is 2. The molecule has 0 amide bonds. The second-order valence-corrected chi connectivity index (χ2v) is 4.81. The predicted molar refractivity (Wildman–Crippen MR) is 69.0 cm³/mol. The number of hydrogen-bond acceptors (Lipinski definition) is 3. The summed E-state index contributed by atoms with van der Waals surface area (Å²) in [7, 11) is 2.93. The SMILES string of the molecule is COc1ccc(C(C)(O)CCCC(F)(F)F)c(OC)c1. The highest BCUT2D eigenvalue weighted by molar-refractivity contribution is 5.43. The Bertz CT molecular complexity index is 442. The lowest BCUT2D eigenvalue weighted by atomic mass is 9.89. The van der Waals surface area contributed by atoms with Gasteiger partial charge in [-0.2, -0.15) is 13.2 Å². The van der Waals surface area contributed by atoms with Gasteiger partial charge in [0.1, 0.15) is 11.5 Å². The lowest BCUT2D eigenvalue weighted by molar-refractivity contribution is -0.137. The van der Waals surface area contributed by atoms with Crippen LogP contribution in [-0.2, 0) is 5.60 Å². The smallest absolute Gasteiger partial charge is 0.389 e. The molecule has 1 aromatic rings. The molecule has 0 spiro atoms. The molecular weight excluding hydrogens is 273 g/mol. The minimum atomic E-state index is -4.21. The van der Waals surface area contributed by atoms with E-state index in [0.29, 0.717) is 17.1 Å². The van der Waals surface area contributed by atoms with Crippen molar-refractivity contribution in [3.63, 3.8) is 0 Å². The Morgan fingerprint density at radius 2 is 1.75 bits per heavy atom. The van der Waals surface area contributed by atoms with Crippen LogP contribution < -0.4 is 9.47 Å². The van der Waals surface area contributed by atoms with Gasteiger partial charge in [-0.1, -0.05) is 0 Å². The first kappa shape index (κ1) is 16.6. The van der Waals surface area contributed by atoms with Gasteiger partial charge in [-0.25, -0.2) is 0 Å². The number of ether oxygens (including phenoxy) is 2. The van der Waals surface area contributed by atoms with Crippen LogP contribution in [0.4, 0.5) is 13.2 Å². The highest BCUT2D eigenvalue weighted by atomic mass is 19.4. The molecule has 0 fully saturated rings. The van der Waals surface area contributed by atoms with Crippen molar-refractivity contribution in [3.8, 4) is 11.5 Å². The maximum atomic E-state index is 12.2. The Morgan fingerprint density at radius 1 is 1.10 bits per heavy atom. The molecule has 0 saturated carbocycles. The molecule has 0 radical (unpaired) electrons. The zero-order chi connectivity index (χ0) is 15.4. The van der Waals surface area contributed by atoms with Crippen molar-refractivity contribution in [1.82, 2.24) is 0 Å². The zero-order valence-corrected chi connectivity index (χ0v) is 11.8. The van der Waals surface area contributed by atoms with Gasteiger partial charge < -0.3 is 14.6 Å². The molecule has 0 aliphatic rings. The minimum Gasteiger partial charge on any atom is -0.497 e. The lowest BCUT2D eigenvalue weighted by Crippen LogP contribution is -2.23. The summed E-state index contributed by atoms with van der Waals surface area (Å²) < 4.78 is 46.7. The molecule has 20 heavy (non-hydrogen) atoms. The van der Waals surface area contributed by atoms with E-state index in [9.17, 15) is 18.3 Å².